The van der Waals surface area contributed by atoms with Gasteiger partial charge in [0.1, 0.15) is 0 Å². The number of rotatable bonds is 0. The van der Waals surface area contributed by atoms with E-state index in [0.29, 0.717) is 0 Å². The van der Waals surface area contributed by atoms with Crippen molar-refractivity contribution in [2.75, 3.05) is 0 Å². The molecule has 0 aliphatic rings. The van der Waals surface area contributed by atoms with Crippen molar-refractivity contribution >= 4 is 15.9 Å². The Morgan fingerprint density at radius 1 is 1.11 bits per heavy atom. The highest BCUT2D eigenvalue weighted by atomic mass is 79.9. The first kappa shape index (κ1) is 7.92. The van der Waals surface area contributed by atoms with Crippen molar-refractivity contribution in [3.05, 3.63) is 0 Å². The average Bonchev–Trinajstić information content (AvgIpc) is 1.89. The van der Waals surface area contributed by atoms with Crippen LogP contribution in [-0.2, 0) is 4.89 Å². The lowest BCUT2D eigenvalue weighted by atomic mass is 10.6. The van der Waals surface area contributed by atoms with Gasteiger partial charge in [-0.15, -0.1) is 0 Å². The van der Waals surface area contributed by atoms with E-state index in [1.165, 1.54) is 0 Å². The molecule has 0 heterocycles. The summed E-state index contributed by atoms with van der Waals surface area (Å²) in [5.41, 5.74) is 0. The standard InChI is InChI=1S/C6HBrO2/c7-5-3-1-2-4-6-9-8/h8H. The van der Waals surface area contributed by atoms with E-state index in [-0.39, 0.29) is 0 Å². The van der Waals surface area contributed by atoms with Crippen molar-refractivity contribution < 1.29 is 10.1 Å². The molecule has 0 aromatic heterocycles. The Morgan fingerprint density at radius 2 is 1.78 bits per heavy atom. The second kappa shape index (κ2) is 6.92. The predicted molar refractivity (Wildman–Crippen MR) is 36.0 cm³/mol. The third kappa shape index (κ3) is 6.92. The van der Waals surface area contributed by atoms with Gasteiger partial charge in [-0.25, -0.2) is 0 Å². The zero-order chi connectivity index (χ0) is 6.95. The Balaban J connectivity index is 3.71. The normalized spacial score (nSPS) is 4.22. The number of hydrogen-bond acceptors (Lipinski definition) is 2. The first-order chi connectivity index (χ1) is 4.41. The van der Waals surface area contributed by atoms with Gasteiger partial charge in [0.25, 0.3) is 0 Å². The van der Waals surface area contributed by atoms with Gasteiger partial charge in [0.2, 0.25) is 0 Å². The molecule has 0 bridgehead atoms. The second-order valence-corrected chi connectivity index (χ2v) is 1.18. The Hall–Kier alpha value is -1.08. The van der Waals surface area contributed by atoms with Gasteiger partial charge >= 0.3 is 0 Å². The summed E-state index contributed by atoms with van der Waals surface area (Å²) in [5, 5.41) is 7.64. The summed E-state index contributed by atoms with van der Waals surface area (Å²) in [6.07, 6.45) is 1.86. The molecule has 0 atom stereocenters. The van der Waals surface area contributed by atoms with Crippen molar-refractivity contribution in [1.29, 1.82) is 0 Å². The van der Waals surface area contributed by atoms with Crippen molar-refractivity contribution in [3.8, 4) is 34.6 Å². The van der Waals surface area contributed by atoms with E-state index in [4.69, 9.17) is 5.26 Å². The summed E-state index contributed by atoms with van der Waals surface area (Å²) < 4.78 is 0. The van der Waals surface area contributed by atoms with Crippen LogP contribution in [0.1, 0.15) is 0 Å². The van der Waals surface area contributed by atoms with Crippen LogP contribution < -0.4 is 0 Å². The lowest BCUT2D eigenvalue weighted by Gasteiger charge is -1.65. The van der Waals surface area contributed by atoms with E-state index >= 15 is 0 Å². The van der Waals surface area contributed by atoms with Crippen LogP contribution in [0.15, 0.2) is 0 Å². The van der Waals surface area contributed by atoms with Crippen molar-refractivity contribution in [1.82, 2.24) is 0 Å². The highest BCUT2D eigenvalue weighted by molar-refractivity contribution is 9.12. The van der Waals surface area contributed by atoms with Gasteiger partial charge in [0.15, 0.2) is 6.11 Å². The highest BCUT2D eigenvalue weighted by Crippen LogP contribution is 1.65. The Labute approximate surface area is 61.3 Å². The summed E-state index contributed by atoms with van der Waals surface area (Å²) in [6, 6.07) is 0. The van der Waals surface area contributed by atoms with Crippen LogP contribution in [0.4, 0.5) is 0 Å². The van der Waals surface area contributed by atoms with E-state index < -0.39 is 0 Å². The van der Waals surface area contributed by atoms with Crippen LogP contribution in [0.25, 0.3) is 0 Å². The summed E-state index contributed by atoms with van der Waals surface area (Å²) in [7, 11) is 0. The molecule has 0 aromatic rings. The highest BCUT2D eigenvalue weighted by Gasteiger charge is 1.55. The first-order valence-corrected chi connectivity index (χ1v) is 2.62. The van der Waals surface area contributed by atoms with Crippen LogP contribution in [-0.4, -0.2) is 5.26 Å². The number of hydrogen-bond donors (Lipinski definition) is 1. The zero-order valence-electron chi connectivity index (χ0n) is 4.23. The van der Waals surface area contributed by atoms with Crippen molar-refractivity contribution in [2.45, 2.75) is 0 Å². The van der Waals surface area contributed by atoms with Gasteiger partial charge in [-0.05, 0) is 16.7 Å². The third-order valence-electron chi connectivity index (χ3n) is 0.331. The van der Waals surface area contributed by atoms with Gasteiger partial charge in [0, 0.05) is 27.8 Å². The van der Waals surface area contributed by atoms with E-state index in [1.807, 2.05) is 6.11 Å². The molecule has 1 N–H and O–H groups in total. The minimum absolute atomic E-state index is 1.86. The quantitative estimate of drug-likeness (QED) is 0.343. The zero-order valence-corrected chi connectivity index (χ0v) is 5.82. The largest absolute Gasteiger partial charge is 0.284 e. The monoisotopic (exact) mass is 184 g/mol. The maximum Gasteiger partial charge on any atom is 0.171 e. The van der Waals surface area contributed by atoms with Gasteiger partial charge in [-0.1, -0.05) is 0 Å². The molecule has 0 aliphatic carbocycles. The van der Waals surface area contributed by atoms with E-state index in [2.05, 4.69) is 49.3 Å². The van der Waals surface area contributed by atoms with E-state index in [1.54, 1.807) is 0 Å². The topological polar surface area (TPSA) is 29.5 Å². The minimum Gasteiger partial charge on any atom is -0.284 e. The molecular weight excluding hydrogens is 184 g/mol. The summed E-state index contributed by atoms with van der Waals surface area (Å²) in [4.78, 5) is 5.76. The lowest BCUT2D eigenvalue weighted by molar-refractivity contribution is -0.171. The molecule has 44 valence electrons. The van der Waals surface area contributed by atoms with Crippen LogP contribution in [0.5, 0.6) is 0 Å². The van der Waals surface area contributed by atoms with E-state index in [0.717, 1.165) is 0 Å². The Kier molecular flexibility index (Phi) is 6.09. The van der Waals surface area contributed by atoms with Crippen LogP contribution in [0.3, 0.4) is 0 Å². The minimum atomic E-state index is 1.86. The molecule has 0 fully saturated rings. The first-order valence-electron chi connectivity index (χ1n) is 1.83. The summed E-state index contributed by atoms with van der Waals surface area (Å²) >= 11 is 2.83. The van der Waals surface area contributed by atoms with Crippen molar-refractivity contribution in [2.24, 2.45) is 0 Å². The molecule has 0 aliphatic heterocycles. The van der Waals surface area contributed by atoms with Gasteiger partial charge in [-0.2, -0.15) is 5.26 Å². The van der Waals surface area contributed by atoms with E-state index in [9.17, 15) is 0 Å². The Morgan fingerprint density at radius 3 is 2.33 bits per heavy atom. The maximum atomic E-state index is 7.64. The summed E-state index contributed by atoms with van der Waals surface area (Å²) in [6.45, 7) is 0. The SMILES string of the molecule is OOC#CC#CC#CBr. The average molecular weight is 185 g/mol. The molecule has 0 radical (unpaired) electrons. The molecule has 0 amide bonds. The smallest absolute Gasteiger partial charge is 0.171 e. The van der Waals surface area contributed by atoms with Gasteiger partial charge in [0.05, 0.1) is 0 Å². The van der Waals surface area contributed by atoms with Gasteiger partial charge in [-0.3, -0.25) is 4.89 Å². The lowest BCUT2D eigenvalue weighted by Crippen LogP contribution is -1.63. The molecule has 0 aromatic carbocycles. The number of halogens is 1. The third-order valence-corrected chi connectivity index (χ3v) is 0.530. The maximum absolute atomic E-state index is 7.64. The van der Waals surface area contributed by atoms with Crippen LogP contribution >= 0.6 is 15.9 Å². The Bertz CT molecular complexity index is 237. The summed E-state index contributed by atoms with van der Waals surface area (Å²) in [5.74, 6) is 9.17. The fraction of sp³-hybridized carbons (Fsp3) is 0. The molecule has 0 spiro atoms. The molecule has 9 heavy (non-hydrogen) atoms. The van der Waals surface area contributed by atoms with Gasteiger partial charge < -0.3 is 0 Å². The van der Waals surface area contributed by atoms with Crippen molar-refractivity contribution in [3.63, 3.8) is 0 Å². The molecule has 3 heteroatoms. The molecule has 2 nitrogen and oxygen atoms in total. The molecule has 0 saturated carbocycles. The molecule has 0 unspecified atom stereocenters. The second-order valence-electron chi connectivity index (χ2n) is 0.788. The van der Waals surface area contributed by atoms with Crippen LogP contribution in [0, 0.1) is 34.6 Å². The molecular formula is C6HBrO2. The molecule has 0 saturated heterocycles. The predicted octanol–water partition coefficient (Wildman–Crippen LogP) is 0.796. The fourth-order valence-electron chi connectivity index (χ4n) is 0.134. The van der Waals surface area contributed by atoms with Crippen LogP contribution in [0.2, 0.25) is 0 Å². The fourth-order valence-corrected chi connectivity index (χ4v) is 0.234. The molecule has 0 rings (SSSR count).